The lowest BCUT2D eigenvalue weighted by molar-refractivity contribution is -0.00229. The van der Waals surface area contributed by atoms with Crippen molar-refractivity contribution in [3.63, 3.8) is 0 Å². The summed E-state index contributed by atoms with van der Waals surface area (Å²) in [4.78, 5) is 13.0. The minimum absolute atomic E-state index is 0.0675. The van der Waals surface area contributed by atoms with E-state index in [1.807, 2.05) is 66.7 Å². The summed E-state index contributed by atoms with van der Waals surface area (Å²) in [6.45, 7) is 2.60. The van der Waals surface area contributed by atoms with Crippen molar-refractivity contribution in [2.75, 3.05) is 13.2 Å². The lowest BCUT2D eigenvalue weighted by Gasteiger charge is -2.21. The van der Waals surface area contributed by atoms with Crippen molar-refractivity contribution in [1.82, 2.24) is 5.32 Å². The number of ketones is 1. The average Bonchev–Trinajstić information content (AvgIpc) is 2.82. The Kier molecular flexibility index (Phi) is 8.98. The zero-order valence-corrected chi connectivity index (χ0v) is 18.0. The van der Waals surface area contributed by atoms with E-state index in [2.05, 4.69) is 24.4 Å². The van der Waals surface area contributed by atoms with Crippen LogP contribution in [-0.2, 0) is 17.6 Å². The molecular formula is C27H31NO3. The quantitative estimate of drug-likeness (QED) is 0.436. The van der Waals surface area contributed by atoms with Crippen molar-refractivity contribution in [2.24, 2.45) is 0 Å². The van der Waals surface area contributed by atoms with E-state index in [0.29, 0.717) is 18.5 Å². The van der Waals surface area contributed by atoms with E-state index in [0.717, 1.165) is 12.0 Å². The van der Waals surface area contributed by atoms with Gasteiger partial charge in [-0.3, -0.25) is 4.79 Å². The molecule has 0 aliphatic rings. The van der Waals surface area contributed by atoms with Gasteiger partial charge in [0.05, 0.1) is 12.7 Å². The van der Waals surface area contributed by atoms with Crippen LogP contribution in [0.4, 0.5) is 0 Å². The predicted molar refractivity (Wildman–Crippen MR) is 124 cm³/mol. The topological polar surface area (TPSA) is 58.6 Å². The Balaban J connectivity index is 1.53. The number of benzene rings is 3. The van der Waals surface area contributed by atoms with Crippen molar-refractivity contribution in [3.8, 4) is 0 Å². The molecule has 0 radical (unpaired) electrons. The summed E-state index contributed by atoms with van der Waals surface area (Å²) in [5.41, 5.74) is 2.90. The Morgan fingerprint density at radius 1 is 0.839 bits per heavy atom. The molecule has 162 valence electrons. The number of hydrogen-bond acceptors (Lipinski definition) is 4. The number of ether oxygens (including phenoxy) is 1. The number of hydrogen-bond donors (Lipinski definition) is 2. The van der Waals surface area contributed by atoms with Gasteiger partial charge in [-0.15, -0.1) is 0 Å². The fourth-order valence-corrected chi connectivity index (χ4v) is 3.51. The van der Waals surface area contributed by atoms with Gasteiger partial charge in [-0.25, -0.2) is 0 Å². The molecule has 0 aromatic heterocycles. The molecule has 3 aromatic rings. The van der Waals surface area contributed by atoms with Gasteiger partial charge < -0.3 is 15.2 Å². The first-order valence-electron chi connectivity index (χ1n) is 10.8. The van der Waals surface area contributed by atoms with Gasteiger partial charge in [0.15, 0.2) is 5.78 Å². The Morgan fingerprint density at radius 2 is 1.35 bits per heavy atom. The number of nitrogens with one attached hydrogen (secondary N) is 1. The maximum Gasteiger partial charge on any atom is 0.191 e. The second-order valence-electron chi connectivity index (χ2n) is 7.89. The van der Waals surface area contributed by atoms with Crippen LogP contribution in [0.3, 0.4) is 0 Å². The normalized spacial score (nSPS) is 14.0. The average molecular weight is 418 g/mol. The summed E-state index contributed by atoms with van der Waals surface area (Å²) in [5, 5.41) is 13.8. The highest BCUT2D eigenvalue weighted by Gasteiger charge is 2.22. The van der Waals surface area contributed by atoms with Gasteiger partial charge in [-0.05, 0) is 24.5 Å². The molecule has 0 bridgehead atoms. The van der Waals surface area contributed by atoms with Gasteiger partial charge in [0.2, 0.25) is 0 Å². The molecule has 0 saturated carbocycles. The van der Waals surface area contributed by atoms with Crippen LogP contribution >= 0.6 is 0 Å². The maximum atomic E-state index is 13.0. The smallest absolute Gasteiger partial charge is 0.191 e. The Bertz CT molecular complexity index is 900. The molecule has 0 saturated heterocycles. The highest BCUT2D eigenvalue weighted by atomic mass is 16.5. The third-order valence-corrected chi connectivity index (χ3v) is 5.19. The summed E-state index contributed by atoms with van der Waals surface area (Å²) in [6, 6.07) is 29.5. The van der Waals surface area contributed by atoms with Crippen LogP contribution in [0, 0.1) is 0 Å². The van der Waals surface area contributed by atoms with Crippen LogP contribution in [-0.4, -0.2) is 42.3 Å². The summed E-state index contributed by atoms with van der Waals surface area (Å²) < 4.78 is 5.94. The van der Waals surface area contributed by atoms with Gasteiger partial charge in [-0.1, -0.05) is 91.0 Å². The van der Waals surface area contributed by atoms with Gasteiger partial charge in [0.25, 0.3) is 0 Å². The van der Waals surface area contributed by atoms with Crippen molar-refractivity contribution in [2.45, 2.75) is 38.0 Å². The summed E-state index contributed by atoms with van der Waals surface area (Å²) >= 11 is 0. The number of carbonyl (C=O) groups excluding carboxylic acids is 1. The van der Waals surface area contributed by atoms with Gasteiger partial charge in [0.1, 0.15) is 6.10 Å². The van der Waals surface area contributed by atoms with Gasteiger partial charge in [0, 0.05) is 24.6 Å². The van der Waals surface area contributed by atoms with Crippen LogP contribution in [0.25, 0.3) is 0 Å². The van der Waals surface area contributed by atoms with Crippen molar-refractivity contribution in [3.05, 3.63) is 108 Å². The first kappa shape index (κ1) is 22.9. The molecule has 0 aliphatic heterocycles. The first-order chi connectivity index (χ1) is 15.1. The van der Waals surface area contributed by atoms with E-state index in [-0.39, 0.29) is 18.4 Å². The van der Waals surface area contributed by atoms with E-state index in [4.69, 9.17) is 4.74 Å². The minimum atomic E-state index is -0.694. The van der Waals surface area contributed by atoms with Crippen LogP contribution in [0.1, 0.15) is 28.4 Å². The summed E-state index contributed by atoms with van der Waals surface area (Å²) in [6.07, 6.45) is 0.0256. The monoisotopic (exact) mass is 417 g/mol. The molecule has 4 nitrogen and oxygen atoms in total. The van der Waals surface area contributed by atoms with Crippen LogP contribution in [0.5, 0.6) is 0 Å². The molecule has 31 heavy (non-hydrogen) atoms. The predicted octanol–water partition coefficient (Wildman–Crippen LogP) is 4.08. The molecule has 3 aromatic carbocycles. The standard InChI is InChI=1S/C27H31NO3/c1-21(17-22-11-5-2-6-12-22)28-19-25(29)20-31-26(18-23-13-7-3-8-14-23)27(30)24-15-9-4-10-16-24/h2-16,21,25-26,28-29H,17-20H2,1H3. The lowest BCUT2D eigenvalue weighted by atomic mass is 10.00. The number of rotatable bonds is 12. The highest BCUT2D eigenvalue weighted by molar-refractivity contribution is 5.99. The van der Waals surface area contributed by atoms with Gasteiger partial charge in [-0.2, -0.15) is 0 Å². The molecule has 0 amide bonds. The molecule has 0 aliphatic carbocycles. The maximum absolute atomic E-state index is 13.0. The van der Waals surface area contributed by atoms with E-state index in [1.54, 1.807) is 12.1 Å². The third-order valence-electron chi connectivity index (χ3n) is 5.19. The molecule has 0 spiro atoms. The largest absolute Gasteiger partial charge is 0.389 e. The van der Waals surface area contributed by atoms with E-state index >= 15 is 0 Å². The first-order valence-corrected chi connectivity index (χ1v) is 10.8. The SMILES string of the molecule is CC(Cc1ccccc1)NCC(O)COC(Cc1ccccc1)C(=O)c1ccccc1. The molecule has 3 rings (SSSR count). The summed E-state index contributed by atoms with van der Waals surface area (Å²) in [5.74, 6) is -0.0675. The van der Waals surface area contributed by atoms with Crippen molar-refractivity contribution in [1.29, 1.82) is 0 Å². The molecule has 0 heterocycles. The second kappa shape index (κ2) is 12.2. The van der Waals surface area contributed by atoms with E-state index < -0.39 is 12.2 Å². The van der Waals surface area contributed by atoms with E-state index in [9.17, 15) is 9.90 Å². The van der Waals surface area contributed by atoms with Crippen molar-refractivity contribution < 1.29 is 14.6 Å². The Hall–Kier alpha value is -2.79. The molecule has 2 N–H and O–H groups in total. The number of Topliss-reactive ketones (excluding diaryl/α,β-unsaturated/α-hetero) is 1. The van der Waals surface area contributed by atoms with Crippen LogP contribution in [0.15, 0.2) is 91.0 Å². The van der Waals surface area contributed by atoms with Crippen LogP contribution in [0.2, 0.25) is 0 Å². The number of carbonyl (C=O) groups is 1. The fraction of sp³-hybridized carbons (Fsp3) is 0.296. The third kappa shape index (κ3) is 7.76. The molecule has 3 atom stereocenters. The van der Waals surface area contributed by atoms with Crippen molar-refractivity contribution >= 4 is 5.78 Å². The zero-order valence-electron chi connectivity index (χ0n) is 18.0. The molecular weight excluding hydrogens is 386 g/mol. The Labute approximate surface area is 184 Å². The molecule has 3 unspecified atom stereocenters. The van der Waals surface area contributed by atoms with Gasteiger partial charge >= 0.3 is 0 Å². The minimum Gasteiger partial charge on any atom is -0.389 e. The number of aliphatic hydroxyl groups excluding tert-OH is 1. The fourth-order valence-electron chi connectivity index (χ4n) is 3.51. The zero-order chi connectivity index (χ0) is 21.9. The second-order valence-corrected chi connectivity index (χ2v) is 7.89. The lowest BCUT2D eigenvalue weighted by Crippen LogP contribution is -2.39. The molecule has 0 fully saturated rings. The molecule has 4 heteroatoms. The Morgan fingerprint density at radius 3 is 1.94 bits per heavy atom. The van der Waals surface area contributed by atoms with Crippen LogP contribution < -0.4 is 5.32 Å². The highest BCUT2D eigenvalue weighted by Crippen LogP contribution is 2.13. The van der Waals surface area contributed by atoms with E-state index in [1.165, 1.54) is 5.56 Å². The number of aliphatic hydroxyl groups is 1. The summed E-state index contributed by atoms with van der Waals surface area (Å²) in [7, 11) is 0.